The van der Waals surface area contributed by atoms with Crippen LogP contribution in [-0.2, 0) is 23.9 Å². The normalized spacial score (nSPS) is 24.7. The van der Waals surface area contributed by atoms with E-state index in [1.165, 1.54) is 12.0 Å². The number of rotatable bonds is 10. The number of carbonyl (C=O) groups excluding carboxylic acids is 5. The number of ketones is 1. The van der Waals surface area contributed by atoms with E-state index < -0.39 is 71.9 Å². The fourth-order valence-electron chi connectivity index (χ4n) is 5.35. The van der Waals surface area contributed by atoms with E-state index in [1.54, 1.807) is 20.8 Å². The van der Waals surface area contributed by atoms with Crippen LogP contribution in [0.2, 0.25) is 0 Å². The monoisotopic (exact) mass is 542 g/mol. The molecule has 4 fully saturated rings. The molecule has 2 heterocycles. The zero-order valence-electron chi connectivity index (χ0n) is 22.8. The maximum absolute atomic E-state index is 13.9. The number of ether oxygens (including phenoxy) is 1. The Hall–Kier alpha value is -2.79. The van der Waals surface area contributed by atoms with Gasteiger partial charge in [0.25, 0.3) is 5.91 Å². The Bertz CT molecular complexity index is 935. The van der Waals surface area contributed by atoms with Gasteiger partial charge in [0, 0.05) is 18.5 Å². The molecule has 3 N–H and O–H groups in total. The van der Waals surface area contributed by atoms with E-state index in [-0.39, 0.29) is 18.0 Å². The third-order valence-electron chi connectivity index (χ3n) is 7.61. The maximum Gasteiger partial charge on any atom is 0.407 e. The molecule has 2 saturated carbocycles. The van der Waals surface area contributed by atoms with Crippen LogP contribution in [0.15, 0.2) is 0 Å². The van der Waals surface area contributed by atoms with Gasteiger partial charge in [-0.05, 0) is 63.2 Å². The SMILES string of the molecule is COC(=O)N[C@H](C(=O)N1C2CCC(CC2)[C@@H]1C(=O)N[C@@H](CCC(C)(F)F)C(=O)C(=O)NC1CC1)C(C)(C)C. The van der Waals surface area contributed by atoms with Crippen LogP contribution >= 0.6 is 0 Å². The van der Waals surface area contributed by atoms with Crippen molar-refractivity contribution in [1.82, 2.24) is 20.9 Å². The molecule has 2 saturated heterocycles. The number of nitrogens with zero attached hydrogens (tertiary/aromatic N) is 1. The third kappa shape index (κ3) is 7.41. The Morgan fingerprint density at radius 1 is 0.947 bits per heavy atom. The second-order valence-corrected chi connectivity index (χ2v) is 12.0. The molecule has 0 aromatic carbocycles. The molecule has 38 heavy (non-hydrogen) atoms. The lowest BCUT2D eigenvalue weighted by molar-refractivity contribution is -0.157. The first-order valence-electron chi connectivity index (χ1n) is 13.3. The van der Waals surface area contributed by atoms with Gasteiger partial charge in [-0.15, -0.1) is 0 Å². The Kier molecular flexibility index (Phi) is 9.03. The van der Waals surface area contributed by atoms with Gasteiger partial charge < -0.3 is 25.6 Å². The Balaban J connectivity index is 1.85. The standard InChI is InChI=1S/C26H40F2N4O6/c1-25(2,3)20(31-24(37)38-5)23(36)32-16-10-6-14(7-11-16)18(32)21(34)30-17(12-13-26(4,27)28)19(33)22(35)29-15-8-9-15/h14-18,20H,6-13H2,1-5H3,(H,29,35)(H,30,34)(H,31,37)/t14?,16?,17-,18+,20+/m0/s1. The lowest BCUT2D eigenvalue weighted by Gasteiger charge is -2.52. The molecular weight excluding hydrogens is 502 g/mol. The molecule has 4 amide bonds. The number of hydrogen-bond acceptors (Lipinski definition) is 6. The van der Waals surface area contributed by atoms with Crippen molar-refractivity contribution in [3.63, 3.8) is 0 Å². The molecule has 0 radical (unpaired) electrons. The van der Waals surface area contributed by atoms with Crippen molar-refractivity contribution in [2.75, 3.05) is 7.11 Å². The van der Waals surface area contributed by atoms with Gasteiger partial charge in [0.05, 0.1) is 13.2 Å². The topological polar surface area (TPSA) is 134 Å². The molecule has 4 rings (SSSR count). The van der Waals surface area contributed by atoms with Crippen LogP contribution < -0.4 is 16.0 Å². The van der Waals surface area contributed by atoms with Gasteiger partial charge in [-0.3, -0.25) is 19.2 Å². The molecular formula is C26H40F2N4O6. The zero-order valence-corrected chi connectivity index (χ0v) is 22.8. The van der Waals surface area contributed by atoms with E-state index >= 15 is 0 Å². The third-order valence-corrected chi connectivity index (χ3v) is 7.61. The van der Waals surface area contributed by atoms with Crippen LogP contribution in [0.5, 0.6) is 0 Å². The van der Waals surface area contributed by atoms with Gasteiger partial charge in [0.2, 0.25) is 23.5 Å². The highest BCUT2D eigenvalue weighted by molar-refractivity contribution is 6.38. The van der Waals surface area contributed by atoms with E-state index in [2.05, 4.69) is 16.0 Å². The molecule has 4 aliphatic rings. The number of carbonyl (C=O) groups is 5. The number of halogens is 2. The van der Waals surface area contributed by atoms with Crippen molar-refractivity contribution in [3.8, 4) is 0 Å². The number of Topliss-reactive ketones (excluding diaryl/α,β-unsaturated/α-hetero) is 1. The van der Waals surface area contributed by atoms with Crippen molar-refractivity contribution in [2.24, 2.45) is 11.3 Å². The summed E-state index contributed by atoms with van der Waals surface area (Å²) in [6.45, 7) is 6.05. The quantitative estimate of drug-likeness (QED) is 0.363. The van der Waals surface area contributed by atoms with Gasteiger partial charge >= 0.3 is 6.09 Å². The van der Waals surface area contributed by atoms with Crippen LogP contribution in [-0.4, -0.2) is 77.7 Å². The van der Waals surface area contributed by atoms with E-state index in [0.717, 1.165) is 12.8 Å². The van der Waals surface area contributed by atoms with E-state index in [1.807, 2.05) is 0 Å². The highest BCUT2D eigenvalue weighted by Crippen LogP contribution is 2.41. The molecule has 0 aromatic heterocycles. The molecule has 214 valence electrons. The highest BCUT2D eigenvalue weighted by atomic mass is 19.3. The summed E-state index contributed by atoms with van der Waals surface area (Å²) in [6, 6.07) is -3.77. The van der Waals surface area contributed by atoms with Crippen LogP contribution in [0, 0.1) is 11.3 Å². The second-order valence-electron chi connectivity index (χ2n) is 12.0. The second kappa shape index (κ2) is 11.5. The summed E-state index contributed by atoms with van der Waals surface area (Å²) in [5, 5.41) is 7.68. The minimum Gasteiger partial charge on any atom is -0.453 e. The maximum atomic E-state index is 13.9. The smallest absolute Gasteiger partial charge is 0.407 e. The van der Waals surface area contributed by atoms with E-state index in [9.17, 15) is 32.8 Å². The number of methoxy groups -OCH3 is 1. The first-order chi connectivity index (χ1) is 17.6. The van der Waals surface area contributed by atoms with Crippen molar-refractivity contribution in [2.45, 2.75) is 115 Å². The lowest BCUT2D eigenvalue weighted by atomic mass is 9.73. The molecule has 0 unspecified atom stereocenters. The largest absolute Gasteiger partial charge is 0.453 e. The Labute approximate surface area is 222 Å². The van der Waals surface area contributed by atoms with Crippen molar-refractivity contribution >= 4 is 29.6 Å². The summed E-state index contributed by atoms with van der Waals surface area (Å²) in [5.41, 5.74) is -0.713. The van der Waals surface area contributed by atoms with Gasteiger partial charge in [0.15, 0.2) is 0 Å². The van der Waals surface area contributed by atoms with Gasteiger partial charge in [-0.1, -0.05) is 20.8 Å². The number of fused-ring (bicyclic) bond motifs is 3. The van der Waals surface area contributed by atoms with E-state index in [4.69, 9.17) is 4.74 Å². The molecule has 2 aliphatic carbocycles. The summed E-state index contributed by atoms with van der Waals surface area (Å²) in [4.78, 5) is 66.4. The molecule has 0 spiro atoms. The molecule has 3 atom stereocenters. The average Bonchev–Trinajstić information content (AvgIpc) is 3.66. The Morgan fingerprint density at radius 3 is 2.05 bits per heavy atom. The van der Waals surface area contributed by atoms with Crippen molar-refractivity contribution in [1.29, 1.82) is 0 Å². The summed E-state index contributed by atoms with van der Waals surface area (Å²) in [6.07, 6.45) is 2.31. The number of amides is 4. The first-order valence-corrected chi connectivity index (χ1v) is 13.3. The van der Waals surface area contributed by atoms with Crippen LogP contribution in [0.3, 0.4) is 0 Å². The molecule has 0 aromatic rings. The Morgan fingerprint density at radius 2 is 1.55 bits per heavy atom. The van der Waals surface area contributed by atoms with Gasteiger partial charge in [-0.25, -0.2) is 13.6 Å². The minimum absolute atomic E-state index is 0.116. The number of alkyl halides is 2. The summed E-state index contributed by atoms with van der Waals surface area (Å²) in [5.74, 6) is -6.30. The average molecular weight is 543 g/mol. The van der Waals surface area contributed by atoms with E-state index in [0.29, 0.717) is 32.6 Å². The van der Waals surface area contributed by atoms with Gasteiger partial charge in [-0.2, -0.15) is 0 Å². The number of piperidine rings is 2. The highest BCUT2D eigenvalue weighted by Gasteiger charge is 2.51. The minimum atomic E-state index is -3.10. The predicted molar refractivity (Wildman–Crippen MR) is 133 cm³/mol. The van der Waals surface area contributed by atoms with Crippen LogP contribution in [0.25, 0.3) is 0 Å². The lowest BCUT2D eigenvalue weighted by Crippen LogP contribution is -2.68. The van der Waals surface area contributed by atoms with Gasteiger partial charge in [0.1, 0.15) is 12.1 Å². The molecule has 2 aliphatic heterocycles. The summed E-state index contributed by atoms with van der Waals surface area (Å²) in [7, 11) is 1.19. The predicted octanol–water partition coefficient (Wildman–Crippen LogP) is 2.29. The molecule has 2 bridgehead atoms. The fourth-order valence-corrected chi connectivity index (χ4v) is 5.35. The van der Waals surface area contributed by atoms with Crippen LogP contribution in [0.4, 0.5) is 13.6 Å². The summed E-state index contributed by atoms with van der Waals surface area (Å²) < 4.78 is 32.0. The van der Waals surface area contributed by atoms with Crippen molar-refractivity contribution < 1.29 is 37.5 Å². The zero-order chi connectivity index (χ0) is 28.4. The first kappa shape index (κ1) is 29.8. The summed E-state index contributed by atoms with van der Waals surface area (Å²) >= 11 is 0. The number of nitrogens with one attached hydrogen (secondary N) is 3. The number of hydrogen-bond donors (Lipinski definition) is 3. The van der Waals surface area contributed by atoms with Crippen molar-refractivity contribution in [3.05, 3.63) is 0 Å². The molecule has 12 heteroatoms. The van der Waals surface area contributed by atoms with Crippen LogP contribution in [0.1, 0.15) is 79.1 Å². The fraction of sp³-hybridized carbons (Fsp3) is 0.808. The number of alkyl carbamates (subject to hydrolysis) is 1. The molecule has 10 nitrogen and oxygen atoms in total.